The molecule has 0 spiro atoms. The molecule has 5 heteroatoms. The Morgan fingerprint density at radius 1 is 1.50 bits per heavy atom. The van der Waals surface area contributed by atoms with Crippen molar-refractivity contribution in [3.05, 3.63) is 5.82 Å². The Kier molecular flexibility index (Phi) is 1.16. The highest BCUT2D eigenvalue weighted by molar-refractivity contribution is 8.00. The molecule has 2 heterocycles. The summed E-state index contributed by atoms with van der Waals surface area (Å²) in [5, 5.41) is 4.95. The maximum absolute atomic E-state index is 11.2. The molecule has 1 aliphatic heterocycles. The molecular formula is C7H7N3OS. The first-order valence-corrected chi connectivity index (χ1v) is 4.96. The van der Waals surface area contributed by atoms with Gasteiger partial charge in [0.1, 0.15) is 0 Å². The van der Waals surface area contributed by atoms with Gasteiger partial charge in [-0.1, -0.05) is 11.8 Å². The Labute approximate surface area is 73.4 Å². The topological polar surface area (TPSA) is 47.8 Å². The highest BCUT2D eigenvalue weighted by atomic mass is 32.2. The van der Waals surface area contributed by atoms with Gasteiger partial charge in [-0.2, -0.15) is 4.68 Å². The second kappa shape index (κ2) is 2.10. The van der Waals surface area contributed by atoms with Crippen molar-refractivity contribution in [2.24, 2.45) is 0 Å². The van der Waals surface area contributed by atoms with E-state index in [4.69, 9.17) is 0 Å². The molecule has 1 fully saturated rings. The largest absolute Gasteiger partial charge is 0.271 e. The van der Waals surface area contributed by atoms with Crippen molar-refractivity contribution in [3.8, 4) is 0 Å². The number of thioether (sulfide) groups is 1. The molecule has 62 valence electrons. The van der Waals surface area contributed by atoms with Crippen molar-refractivity contribution in [1.82, 2.24) is 14.8 Å². The Hall–Kier alpha value is -0.840. The van der Waals surface area contributed by atoms with Crippen molar-refractivity contribution in [2.75, 3.05) is 5.75 Å². The fraction of sp³-hybridized carbons (Fsp3) is 0.571. The molecule has 3 rings (SSSR count). The van der Waals surface area contributed by atoms with Crippen molar-refractivity contribution in [1.29, 1.82) is 0 Å². The lowest BCUT2D eigenvalue weighted by molar-refractivity contribution is 0.0923. The van der Waals surface area contributed by atoms with Crippen molar-refractivity contribution in [3.63, 3.8) is 0 Å². The highest BCUT2D eigenvalue weighted by Gasteiger charge is 2.32. The first kappa shape index (κ1) is 6.65. The Bertz CT molecular complexity index is 356. The van der Waals surface area contributed by atoms with Crippen LogP contribution in [0.25, 0.3) is 0 Å². The van der Waals surface area contributed by atoms with Crippen LogP contribution in [0, 0.1) is 0 Å². The fourth-order valence-electron chi connectivity index (χ4n) is 1.27. The van der Waals surface area contributed by atoms with Crippen LogP contribution in [0.3, 0.4) is 0 Å². The van der Waals surface area contributed by atoms with Gasteiger partial charge in [0.15, 0.2) is 11.0 Å². The van der Waals surface area contributed by atoms with Crippen LogP contribution in [0.5, 0.6) is 0 Å². The molecular weight excluding hydrogens is 174 g/mol. The molecule has 4 nitrogen and oxygen atoms in total. The third-order valence-corrected chi connectivity index (χ3v) is 3.01. The van der Waals surface area contributed by atoms with Gasteiger partial charge >= 0.3 is 0 Å². The zero-order valence-electron chi connectivity index (χ0n) is 6.36. The van der Waals surface area contributed by atoms with E-state index in [2.05, 4.69) is 10.1 Å². The molecule has 0 atom stereocenters. The molecule has 2 aliphatic rings. The van der Waals surface area contributed by atoms with Crippen LogP contribution < -0.4 is 0 Å². The van der Waals surface area contributed by atoms with Crippen LogP contribution in [0.15, 0.2) is 5.16 Å². The number of carbonyl (C=O) groups is 1. The van der Waals surface area contributed by atoms with Crippen LogP contribution >= 0.6 is 11.8 Å². The number of nitrogens with zero attached hydrogens (tertiary/aromatic N) is 3. The minimum Gasteiger partial charge on any atom is -0.271 e. The van der Waals surface area contributed by atoms with Crippen molar-refractivity contribution in [2.45, 2.75) is 23.9 Å². The van der Waals surface area contributed by atoms with Gasteiger partial charge in [-0.05, 0) is 12.8 Å². The predicted molar refractivity (Wildman–Crippen MR) is 43.3 cm³/mol. The minimum atomic E-state index is 0.0643. The molecule has 0 aromatic carbocycles. The minimum absolute atomic E-state index is 0.0643. The molecule has 0 N–H and O–H groups in total. The van der Waals surface area contributed by atoms with E-state index >= 15 is 0 Å². The molecule has 0 unspecified atom stereocenters. The first-order chi connectivity index (χ1) is 5.84. The average Bonchev–Trinajstić information content (AvgIpc) is 2.73. The van der Waals surface area contributed by atoms with E-state index in [1.54, 1.807) is 0 Å². The van der Waals surface area contributed by atoms with Crippen LogP contribution in [-0.2, 0) is 0 Å². The summed E-state index contributed by atoms with van der Waals surface area (Å²) < 4.78 is 1.44. The molecule has 0 bridgehead atoms. The number of carbonyl (C=O) groups excluding carboxylic acids is 1. The van der Waals surface area contributed by atoms with Crippen molar-refractivity contribution < 1.29 is 4.79 Å². The molecule has 0 amide bonds. The summed E-state index contributed by atoms with van der Waals surface area (Å²) in [5.74, 6) is 1.97. The maximum atomic E-state index is 11.2. The van der Waals surface area contributed by atoms with Gasteiger partial charge in [-0.15, -0.1) is 5.10 Å². The summed E-state index contributed by atoms with van der Waals surface area (Å²) in [6.45, 7) is 0. The normalized spacial score (nSPS) is 21.5. The molecule has 1 saturated carbocycles. The lowest BCUT2D eigenvalue weighted by Gasteiger charge is -1.87. The van der Waals surface area contributed by atoms with Gasteiger partial charge in [0, 0.05) is 5.92 Å². The van der Waals surface area contributed by atoms with E-state index < -0.39 is 0 Å². The van der Waals surface area contributed by atoms with E-state index in [-0.39, 0.29) is 5.91 Å². The molecule has 1 aromatic rings. The van der Waals surface area contributed by atoms with Crippen LogP contribution in [-0.4, -0.2) is 26.4 Å². The molecule has 0 saturated heterocycles. The van der Waals surface area contributed by atoms with Gasteiger partial charge in [0.25, 0.3) is 5.91 Å². The zero-order valence-corrected chi connectivity index (χ0v) is 7.17. The van der Waals surface area contributed by atoms with Gasteiger partial charge < -0.3 is 0 Å². The van der Waals surface area contributed by atoms with Crippen LogP contribution in [0.2, 0.25) is 0 Å². The second-order valence-corrected chi connectivity index (χ2v) is 4.06. The first-order valence-electron chi connectivity index (χ1n) is 3.97. The molecule has 0 radical (unpaired) electrons. The monoisotopic (exact) mass is 181 g/mol. The lowest BCUT2D eigenvalue weighted by Crippen LogP contribution is -2.08. The maximum Gasteiger partial charge on any atom is 0.259 e. The summed E-state index contributed by atoms with van der Waals surface area (Å²) in [4.78, 5) is 15.5. The summed E-state index contributed by atoms with van der Waals surface area (Å²) in [7, 11) is 0. The zero-order chi connectivity index (χ0) is 8.13. The summed E-state index contributed by atoms with van der Waals surface area (Å²) >= 11 is 1.48. The van der Waals surface area contributed by atoms with Gasteiger partial charge in [0.05, 0.1) is 5.75 Å². The molecule has 12 heavy (non-hydrogen) atoms. The standard InChI is InChI=1S/C7H7N3OS/c11-5-3-12-7-8-6(4-1-2-4)9-10(5)7/h4H,1-3H2. The van der Waals surface area contributed by atoms with E-state index in [9.17, 15) is 4.79 Å². The Morgan fingerprint density at radius 3 is 3.00 bits per heavy atom. The Balaban J connectivity index is 2.06. The van der Waals surface area contributed by atoms with Crippen molar-refractivity contribution >= 4 is 17.7 Å². The van der Waals surface area contributed by atoms with Gasteiger partial charge in [-0.25, -0.2) is 4.98 Å². The third kappa shape index (κ3) is 0.827. The van der Waals surface area contributed by atoms with E-state index in [0.29, 0.717) is 11.7 Å². The van der Waals surface area contributed by atoms with Crippen LogP contribution in [0.4, 0.5) is 0 Å². The SMILES string of the molecule is O=C1CSc2nc(C3CC3)nn21. The highest BCUT2D eigenvalue weighted by Crippen LogP contribution is 2.39. The lowest BCUT2D eigenvalue weighted by atomic mass is 10.4. The predicted octanol–water partition coefficient (Wildman–Crippen LogP) is 0.901. The third-order valence-electron chi connectivity index (χ3n) is 2.10. The summed E-state index contributed by atoms with van der Waals surface area (Å²) in [6.07, 6.45) is 2.37. The second-order valence-electron chi connectivity index (χ2n) is 3.12. The molecule has 1 aliphatic carbocycles. The summed E-state index contributed by atoms with van der Waals surface area (Å²) in [5.41, 5.74) is 0. The number of hydrogen-bond acceptors (Lipinski definition) is 4. The number of hydrogen-bond donors (Lipinski definition) is 0. The number of fused-ring (bicyclic) bond motifs is 1. The summed E-state index contributed by atoms with van der Waals surface area (Å²) in [6, 6.07) is 0. The smallest absolute Gasteiger partial charge is 0.259 e. The number of rotatable bonds is 1. The van der Waals surface area contributed by atoms with E-state index in [1.807, 2.05) is 0 Å². The average molecular weight is 181 g/mol. The van der Waals surface area contributed by atoms with Gasteiger partial charge in [-0.3, -0.25) is 4.79 Å². The quantitative estimate of drug-likeness (QED) is 0.646. The fourth-order valence-corrected chi connectivity index (χ4v) is 2.07. The van der Waals surface area contributed by atoms with E-state index in [1.165, 1.54) is 29.3 Å². The van der Waals surface area contributed by atoms with E-state index in [0.717, 1.165) is 11.0 Å². The molecule has 1 aromatic heterocycles. The Morgan fingerprint density at radius 2 is 2.33 bits per heavy atom. The number of aromatic nitrogens is 3. The van der Waals surface area contributed by atoms with Gasteiger partial charge in [0.2, 0.25) is 0 Å². The van der Waals surface area contributed by atoms with Crippen LogP contribution in [0.1, 0.15) is 29.4 Å².